The lowest BCUT2D eigenvalue weighted by Crippen LogP contribution is -2.31. The van der Waals surface area contributed by atoms with Gasteiger partial charge in [-0.3, -0.25) is 4.79 Å². The van der Waals surface area contributed by atoms with E-state index in [1.807, 2.05) is 0 Å². The Balaban J connectivity index is 1.83. The summed E-state index contributed by atoms with van der Waals surface area (Å²) in [4.78, 5) is 11.5. The largest absolute Gasteiger partial charge is 0.379 e. The van der Waals surface area contributed by atoms with Crippen LogP contribution in [-0.2, 0) is 14.3 Å². The van der Waals surface area contributed by atoms with Crippen LogP contribution in [0.25, 0.3) is 0 Å². The van der Waals surface area contributed by atoms with Crippen molar-refractivity contribution in [1.82, 2.24) is 10.6 Å². The second-order valence-electron chi connectivity index (χ2n) is 5.27. The van der Waals surface area contributed by atoms with E-state index in [4.69, 9.17) is 9.47 Å². The van der Waals surface area contributed by atoms with E-state index in [1.54, 1.807) is 0 Å². The third-order valence-corrected chi connectivity index (χ3v) is 3.02. The summed E-state index contributed by atoms with van der Waals surface area (Å²) < 4.78 is 11.0. The number of rotatable bonds is 10. The molecule has 112 valence electrons. The predicted molar refractivity (Wildman–Crippen MR) is 75.2 cm³/mol. The fraction of sp³-hybridized carbons (Fsp3) is 0.929. The van der Waals surface area contributed by atoms with Crippen molar-refractivity contribution in [2.45, 2.75) is 51.7 Å². The molecular weight excluding hydrogens is 244 g/mol. The first-order valence-corrected chi connectivity index (χ1v) is 7.38. The lowest BCUT2D eigenvalue weighted by Gasteiger charge is -2.10. The molecule has 1 aliphatic rings. The molecule has 0 aromatic rings. The molecule has 1 amide bonds. The molecule has 5 heteroatoms. The Morgan fingerprint density at radius 3 is 2.95 bits per heavy atom. The zero-order valence-corrected chi connectivity index (χ0v) is 12.2. The summed E-state index contributed by atoms with van der Waals surface area (Å²) in [6.07, 6.45) is 3.94. The second-order valence-corrected chi connectivity index (χ2v) is 5.27. The minimum Gasteiger partial charge on any atom is -0.379 e. The highest BCUT2D eigenvalue weighted by Crippen LogP contribution is 2.11. The molecule has 1 unspecified atom stereocenters. The van der Waals surface area contributed by atoms with Crippen LogP contribution in [0.4, 0.5) is 0 Å². The number of carbonyl (C=O) groups excluding carboxylic acids is 1. The summed E-state index contributed by atoms with van der Waals surface area (Å²) in [6, 6.07) is 0.430. The Hall–Kier alpha value is -0.650. The molecule has 1 heterocycles. The zero-order valence-electron chi connectivity index (χ0n) is 12.2. The highest BCUT2D eigenvalue weighted by molar-refractivity contribution is 5.75. The van der Waals surface area contributed by atoms with Gasteiger partial charge in [0.15, 0.2) is 0 Å². The Morgan fingerprint density at radius 2 is 2.26 bits per heavy atom. The van der Waals surface area contributed by atoms with E-state index in [2.05, 4.69) is 24.5 Å². The number of hydrogen-bond donors (Lipinski definition) is 2. The van der Waals surface area contributed by atoms with Crippen molar-refractivity contribution in [3.63, 3.8) is 0 Å². The van der Waals surface area contributed by atoms with Gasteiger partial charge in [0.1, 0.15) is 0 Å². The van der Waals surface area contributed by atoms with Crippen molar-refractivity contribution in [2.24, 2.45) is 0 Å². The van der Waals surface area contributed by atoms with Gasteiger partial charge in [-0.05, 0) is 19.3 Å². The van der Waals surface area contributed by atoms with Gasteiger partial charge in [-0.15, -0.1) is 0 Å². The molecule has 2 N–H and O–H groups in total. The molecular formula is C14H28N2O3. The van der Waals surface area contributed by atoms with Crippen LogP contribution in [0.3, 0.4) is 0 Å². The van der Waals surface area contributed by atoms with E-state index in [0.717, 1.165) is 32.4 Å². The number of amides is 1. The summed E-state index contributed by atoms with van der Waals surface area (Å²) in [5, 5.41) is 6.11. The molecule has 1 atom stereocenters. The van der Waals surface area contributed by atoms with Crippen LogP contribution in [0.5, 0.6) is 0 Å². The first-order chi connectivity index (χ1) is 9.18. The van der Waals surface area contributed by atoms with Gasteiger partial charge in [0, 0.05) is 38.8 Å². The van der Waals surface area contributed by atoms with E-state index < -0.39 is 0 Å². The average Bonchev–Trinajstić information content (AvgIpc) is 2.86. The highest BCUT2D eigenvalue weighted by atomic mass is 16.5. The van der Waals surface area contributed by atoms with Crippen LogP contribution in [0.2, 0.25) is 0 Å². The molecule has 0 saturated carbocycles. The summed E-state index contributed by atoms with van der Waals surface area (Å²) >= 11 is 0. The van der Waals surface area contributed by atoms with Crippen LogP contribution in [0.15, 0.2) is 0 Å². The summed E-state index contributed by atoms with van der Waals surface area (Å²) in [5.41, 5.74) is 0. The molecule has 1 rings (SSSR count). The van der Waals surface area contributed by atoms with Crippen molar-refractivity contribution >= 4 is 5.91 Å². The van der Waals surface area contributed by atoms with E-state index in [-0.39, 0.29) is 12.0 Å². The van der Waals surface area contributed by atoms with Gasteiger partial charge < -0.3 is 20.1 Å². The standard InChI is InChI=1S/C14H28N2O3/c1-12(2)15-8-6-14(17)16-7-4-9-18-11-13-5-3-10-19-13/h12-13,15H,3-11H2,1-2H3,(H,16,17). The van der Waals surface area contributed by atoms with Gasteiger partial charge in [0.25, 0.3) is 0 Å². The van der Waals surface area contributed by atoms with Crippen molar-refractivity contribution < 1.29 is 14.3 Å². The smallest absolute Gasteiger partial charge is 0.221 e. The third kappa shape index (κ3) is 8.97. The van der Waals surface area contributed by atoms with Gasteiger partial charge in [0.2, 0.25) is 5.91 Å². The third-order valence-electron chi connectivity index (χ3n) is 3.02. The predicted octanol–water partition coefficient (Wildman–Crippen LogP) is 1.08. The maximum Gasteiger partial charge on any atom is 0.221 e. The molecule has 0 spiro atoms. The molecule has 1 saturated heterocycles. The van der Waals surface area contributed by atoms with Crippen molar-refractivity contribution in [3.8, 4) is 0 Å². The number of nitrogens with one attached hydrogen (secondary N) is 2. The fourth-order valence-corrected chi connectivity index (χ4v) is 1.96. The van der Waals surface area contributed by atoms with Crippen LogP contribution in [-0.4, -0.2) is 51.0 Å². The molecule has 1 aliphatic heterocycles. The number of carbonyl (C=O) groups is 1. The maximum atomic E-state index is 11.5. The minimum atomic E-state index is 0.104. The van der Waals surface area contributed by atoms with Crippen LogP contribution in [0.1, 0.15) is 39.5 Å². The molecule has 5 nitrogen and oxygen atoms in total. The topological polar surface area (TPSA) is 59.6 Å². The summed E-state index contributed by atoms with van der Waals surface area (Å²) in [5.74, 6) is 0.104. The number of ether oxygens (including phenoxy) is 2. The van der Waals surface area contributed by atoms with Gasteiger partial charge in [-0.1, -0.05) is 13.8 Å². The first kappa shape index (κ1) is 16.4. The van der Waals surface area contributed by atoms with Crippen molar-refractivity contribution in [2.75, 3.05) is 32.9 Å². The quantitative estimate of drug-likeness (QED) is 0.584. The summed E-state index contributed by atoms with van der Waals surface area (Å²) in [6.45, 7) is 7.81. The van der Waals surface area contributed by atoms with E-state index in [9.17, 15) is 4.79 Å². The van der Waals surface area contributed by atoms with Crippen LogP contribution < -0.4 is 10.6 Å². The average molecular weight is 272 g/mol. The van der Waals surface area contributed by atoms with Crippen molar-refractivity contribution in [3.05, 3.63) is 0 Å². The molecule has 19 heavy (non-hydrogen) atoms. The molecule has 1 fully saturated rings. The SMILES string of the molecule is CC(C)NCCC(=O)NCCCOCC1CCCO1. The second kappa shape index (κ2) is 10.2. The Labute approximate surface area is 116 Å². The van der Waals surface area contributed by atoms with Crippen LogP contribution >= 0.6 is 0 Å². The van der Waals surface area contributed by atoms with Gasteiger partial charge >= 0.3 is 0 Å². The lowest BCUT2D eigenvalue weighted by atomic mass is 10.2. The van der Waals surface area contributed by atoms with E-state index in [0.29, 0.717) is 32.2 Å². The normalized spacial score (nSPS) is 19.0. The van der Waals surface area contributed by atoms with Gasteiger partial charge in [-0.2, -0.15) is 0 Å². The van der Waals surface area contributed by atoms with Gasteiger partial charge in [-0.25, -0.2) is 0 Å². The molecule has 0 radical (unpaired) electrons. The van der Waals surface area contributed by atoms with Crippen molar-refractivity contribution in [1.29, 1.82) is 0 Å². The molecule has 0 aromatic heterocycles. The van der Waals surface area contributed by atoms with Crippen LogP contribution in [0, 0.1) is 0 Å². The van der Waals surface area contributed by atoms with E-state index >= 15 is 0 Å². The molecule has 0 aromatic carbocycles. The maximum absolute atomic E-state index is 11.5. The molecule has 0 aliphatic carbocycles. The Kier molecular flexibility index (Phi) is 8.79. The zero-order chi connectivity index (χ0) is 13.9. The summed E-state index contributed by atoms with van der Waals surface area (Å²) in [7, 11) is 0. The fourth-order valence-electron chi connectivity index (χ4n) is 1.96. The highest BCUT2D eigenvalue weighted by Gasteiger charge is 2.14. The monoisotopic (exact) mass is 272 g/mol. The van der Waals surface area contributed by atoms with E-state index in [1.165, 1.54) is 0 Å². The Bertz CT molecular complexity index is 241. The Morgan fingerprint density at radius 1 is 1.42 bits per heavy atom. The number of hydrogen-bond acceptors (Lipinski definition) is 4. The lowest BCUT2D eigenvalue weighted by molar-refractivity contribution is -0.121. The first-order valence-electron chi connectivity index (χ1n) is 7.38. The molecule has 0 bridgehead atoms. The van der Waals surface area contributed by atoms with Gasteiger partial charge in [0.05, 0.1) is 12.7 Å². The minimum absolute atomic E-state index is 0.104.